The number of hydrogen-bond acceptors (Lipinski definition) is 2. The maximum absolute atomic E-state index is 11.0. The van der Waals surface area contributed by atoms with E-state index in [4.69, 9.17) is 5.11 Å². The monoisotopic (exact) mass is 269 g/mol. The fourth-order valence-electron chi connectivity index (χ4n) is 2.30. The van der Waals surface area contributed by atoms with Gasteiger partial charge in [-0.25, -0.2) is 4.79 Å². The summed E-state index contributed by atoms with van der Waals surface area (Å²) in [4.78, 5) is 12.9. The molecule has 19 heavy (non-hydrogen) atoms. The van der Waals surface area contributed by atoms with Crippen LogP contribution in [0.2, 0.25) is 0 Å². The number of carboxylic acid groups (broad SMARTS) is 1. The molecule has 0 bridgehead atoms. The first-order valence-electron chi connectivity index (χ1n) is 7.61. The van der Waals surface area contributed by atoms with E-state index in [-0.39, 0.29) is 0 Å². The molecule has 0 saturated carbocycles. The Bertz CT molecular complexity index is 282. The zero-order valence-corrected chi connectivity index (χ0v) is 13.2. The van der Waals surface area contributed by atoms with E-state index in [2.05, 4.69) is 6.92 Å². The van der Waals surface area contributed by atoms with Crippen molar-refractivity contribution in [2.75, 3.05) is 14.1 Å². The van der Waals surface area contributed by atoms with Crippen LogP contribution in [-0.2, 0) is 4.79 Å². The number of hydrogen-bond donors (Lipinski definition) is 1. The number of carboxylic acids is 1. The van der Waals surface area contributed by atoms with Gasteiger partial charge in [-0.1, -0.05) is 51.9 Å². The van der Waals surface area contributed by atoms with Crippen molar-refractivity contribution in [2.24, 2.45) is 0 Å². The first-order chi connectivity index (χ1) is 9.00. The maximum atomic E-state index is 11.0. The van der Waals surface area contributed by atoms with Gasteiger partial charge in [-0.2, -0.15) is 0 Å². The lowest BCUT2D eigenvalue weighted by Gasteiger charge is -2.19. The summed E-state index contributed by atoms with van der Waals surface area (Å²) >= 11 is 0. The van der Waals surface area contributed by atoms with Gasteiger partial charge in [0.2, 0.25) is 0 Å². The molecule has 0 aromatic heterocycles. The molecule has 3 heteroatoms. The van der Waals surface area contributed by atoms with Crippen LogP contribution in [0.4, 0.5) is 0 Å². The third kappa shape index (κ3) is 8.68. The van der Waals surface area contributed by atoms with Crippen LogP contribution >= 0.6 is 0 Å². The molecule has 0 unspecified atom stereocenters. The van der Waals surface area contributed by atoms with Gasteiger partial charge < -0.3 is 10.0 Å². The second-order valence-electron chi connectivity index (χ2n) is 5.50. The van der Waals surface area contributed by atoms with Crippen molar-refractivity contribution in [3.8, 4) is 0 Å². The van der Waals surface area contributed by atoms with Crippen molar-refractivity contribution in [3.05, 3.63) is 11.3 Å². The highest BCUT2D eigenvalue weighted by molar-refractivity contribution is 5.86. The minimum absolute atomic E-state index is 0.480. The van der Waals surface area contributed by atoms with Crippen LogP contribution in [0.25, 0.3) is 0 Å². The molecule has 3 nitrogen and oxygen atoms in total. The summed E-state index contributed by atoms with van der Waals surface area (Å²) < 4.78 is 0. The van der Waals surface area contributed by atoms with Crippen molar-refractivity contribution in [3.63, 3.8) is 0 Å². The number of aliphatic carboxylic acids is 1. The molecule has 0 radical (unpaired) electrons. The molecule has 0 aromatic rings. The molecule has 0 spiro atoms. The van der Waals surface area contributed by atoms with Gasteiger partial charge in [-0.3, -0.25) is 0 Å². The standard InChI is InChI=1S/C16H31NO2/c1-5-6-7-8-9-10-11-12-13-15(17(3)4)14(2)16(18)19/h5-13H2,1-4H3,(H,18,19)/b15-14+. The lowest BCUT2D eigenvalue weighted by Crippen LogP contribution is -2.16. The largest absolute Gasteiger partial charge is 0.478 e. The molecule has 0 rings (SSSR count). The van der Waals surface area contributed by atoms with Crippen LogP contribution in [0, 0.1) is 0 Å². The summed E-state index contributed by atoms with van der Waals surface area (Å²) in [5.41, 5.74) is 1.44. The summed E-state index contributed by atoms with van der Waals surface area (Å²) in [5.74, 6) is -0.803. The van der Waals surface area contributed by atoms with Crippen molar-refractivity contribution < 1.29 is 9.90 Å². The number of carbonyl (C=O) groups is 1. The number of rotatable bonds is 11. The van der Waals surface area contributed by atoms with Crippen LogP contribution in [0.5, 0.6) is 0 Å². The normalized spacial score (nSPS) is 12.2. The summed E-state index contributed by atoms with van der Waals surface area (Å²) in [5, 5.41) is 9.04. The summed E-state index contributed by atoms with van der Waals surface area (Å²) in [6.45, 7) is 3.93. The molecule has 0 aliphatic heterocycles. The predicted molar refractivity (Wildman–Crippen MR) is 81.2 cm³/mol. The molecule has 0 heterocycles. The van der Waals surface area contributed by atoms with E-state index >= 15 is 0 Å². The third-order valence-corrected chi connectivity index (χ3v) is 3.56. The summed E-state index contributed by atoms with van der Waals surface area (Å²) in [7, 11) is 3.85. The molecule has 0 aromatic carbocycles. The molecular weight excluding hydrogens is 238 g/mol. The topological polar surface area (TPSA) is 40.5 Å². The molecule has 1 N–H and O–H groups in total. The van der Waals surface area contributed by atoms with E-state index in [9.17, 15) is 4.79 Å². The van der Waals surface area contributed by atoms with Gasteiger partial charge >= 0.3 is 5.97 Å². The highest BCUT2D eigenvalue weighted by Gasteiger charge is 2.10. The molecule has 112 valence electrons. The van der Waals surface area contributed by atoms with Crippen molar-refractivity contribution in [2.45, 2.75) is 71.6 Å². The van der Waals surface area contributed by atoms with Gasteiger partial charge in [-0.15, -0.1) is 0 Å². The highest BCUT2D eigenvalue weighted by atomic mass is 16.4. The smallest absolute Gasteiger partial charge is 0.333 e. The average molecular weight is 269 g/mol. The van der Waals surface area contributed by atoms with Crippen molar-refractivity contribution >= 4 is 5.97 Å². The molecular formula is C16H31NO2. The highest BCUT2D eigenvalue weighted by Crippen LogP contribution is 2.17. The van der Waals surface area contributed by atoms with E-state index in [1.807, 2.05) is 19.0 Å². The first-order valence-corrected chi connectivity index (χ1v) is 7.61. The molecule has 0 saturated heterocycles. The van der Waals surface area contributed by atoms with Crippen LogP contribution in [0.15, 0.2) is 11.3 Å². The van der Waals surface area contributed by atoms with Crippen LogP contribution < -0.4 is 0 Å². The number of unbranched alkanes of at least 4 members (excludes halogenated alkanes) is 7. The van der Waals surface area contributed by atoms with Crippen LogP contribution in [0.3, 0.4) is 0 Å². The average Bonchev–Trinajstić information content (AvgIpc) is 2.35. The molecule has 0 atom stereocenters. The predicted octanol–water partition coefficient (Wildman–Crippen LogP) is 4.44. The Balaban J connectivity index is 3.84. The van der Waals surface area contributed by atoms with Crippen LogP contribution in [0.1, 0.15) is 71.6 Å². The Morgan fingerprint density at radius 3 is 1.84 bits per heavy atom. The summed E-state index contributed by atoms with van der Waals surface area (Å²) in [6, 6.07) is 0. The van der Waals surface area contributed by atoms with Crippen molar-refractivity contribution in [1.29, 1.82) is 0 Å². The van der Waals surface area contributed by atoms with Gasteiger partial charge in [0, 0.05) is 19.8 Å². The van der Waals surface area contributed by atoms with Gasteiger partial charge in [-0.05, 0) is 19.8 Å². The van der Waals surface area contributed by atoms with Gasteiger partial charge in [0.25, 0.3) is 0 Å². The Labute approximate surface area is 118 Å². The second kappa shape index (κ2) is 10.9. The fraction of sp³-hybridized carbons (Fsp3) is 0.812. The van der Waals surface area contributed by atoms with Crippen molar-refractivity contribution in [1.82, 2.24) is 4.90 Å². The Hall–Kier alpha value is -0.990. The molecule has 0 amide bonds. The SMILES string of the molecule is CCCCCCCCCC/C(=C(/C)C(=O)O)N(C)C. The van der Waals surface area contributed by atoms with E-state index in [1.165, 1.54) is 44.9 Å². The quantitative estimate of drug-likeness (QED) is 0.445. The molecule has 0 aliphatic rings. The number of nitrogens with zero attached hydrogens (tertiary/aromatic N) is 1. The second-order valence-corrected chi connectivity index (χ2v) is 5.50. The van der Waals surface area contributed by atoms with E-state index in [1.54, 1.807) is 6.92 Å². The van der Waals surface area contributed by atoms with Gasteiger partial charge in [0.1, 0.15) is 0 Å². The van der Waals surface area contributed by atoms with Gasteiger partial charge in [0.05, 0.1) is 5.57 Å². The number of allylic oxidation sites excluding steroid dienone is 1. The Morgan fingerprint density at radius 2 is 1.42 bits per heavy atom. The third-order valence-electron chi connectivity index (χ3n) is 3.56. The molecule has 0 fully saturated rings. The lowest BCUT2D eigenvalue weighted by atomic mass is 10.0. The molecule has 0 aliphatic carbocycles. The lowest BCUT2D eigenvalue weighted by molar-refractivity contribution is -0.132. The zero-order valence-electron chi connectivity index (χ0n) is 13.2. The van der Waals surface area contributed by atoms with E-state index in [0.29, 0.717) is 5.57 Å². The first kappa shape index (κ1) is 18.0. The Kier molecular flexibility index (Phi) is 10.3. The van der Waals surface area contributed by atoms with E-state index < -0.39 is 5.97 Å². The summed E-state index contributed by atoms with van der Waals surface area (Å²) in [6.07, 6.45) is 11.1. The fourth-order valence-corrected chi connectivity index (χ4v) is 2.30. The van der Waals surface area contributed by atoms with Crippen LogP contribution in [-0.4, -0.2) is 30.1 Å². The minimum Gasteiger partial charge on any atom is -0.478 e. The van der Waals surface area contributed by atoms with Gasteiger partial charge in [0.15, 0.2) is 0 Å². The minimum atomic E-state index is -0.803. The maximum Gasteiger partial charge on any atom is 0.333 e. The van der Waals surface area contributed by atoms with E-state index in [0.717, 1.165) is 18.5 Å². The zero-order chi connectivity index (χ0) is 14.7. The Morgan fingerprint density at radius 1 is 0.947 bits per heavy atom.